The summed E-state index contributed by atoms with van der Waals surface area (Å²) in [6, 6.07) is 8.73. The van der Waals surface area contributed by atoms with Crippen molar-refractivity contribution < 1.29 is 4.79 Å². The third-order valence-electron chi connectivity index (χ3n) is 3.56. The number of nitrogens with zero attached hydrogens (tertiary/aromatic N) is 1. The van der Waals surface area contributed by atoms with Crippen molar-refractivity contribution in [2.24, 2.45) is 0 Å². The van der Waals surface area contributed by atoms with Crippen molar-refractivity contribution in [3.05, 3.63) is 35.4 Å². The molecule has 1 unspecified atom stereocenters. The summed E-state index contributed by atoms with van der Waals surface area (Å²) in [4.78, 5) is 13.9. The van der Waals surface area contributed by atoms with Gasteiger partial charge in [-0.15, -0.1) is 0 Å². The Kier molecular flexibility index (Phi) is 4.93. The van der Waals surface area contributed by atoms with Gasteiger partial charge in [0.15, 0.2) is 0 Å². The average molecular weight is 261 g/mol. The van der Waals surface area contributed by atoms with Crippen molar-refractivity contribution in [1.29, 1.82) is 0 Å². The van der Waals surface area contributed by atoms with Crippen molar-refractivity contribution in [3.63, 3.8) is 0 Å². The Bertz CT molecular complexity index is 433. The van der Waals surface area contributed by atoms with Gasteiger partial charge in [0.2, 0.25) is 5.91 Å². The van der Waals surface area contributed by atoms with Gasteiger partial charge >= 0.3 is 0 Å². The molecule has 0 saturated carbocycles. The number of carbonyl (C=O) groups is 1. The van der Waals surface area contributed by atoms with E-state index in [4.69, 9.17) is 0 Å². The summed E-state index contributed by atoms with van der Waals surface area (Å²) in [6.07, 6.45) is 0.975. The maximum absolute atomic E-state index is 11.8. The molecule has 1 heterocycles. The van der Waals surface area contributed by atoms with E-state index in [9.17, 15) is 4.79 Å². The molecule has 1 aliphatic rings. The average Bonchev–Trinajstić information content (AvgIpc) is 2.44. The van der Waals surface area contributed by atoms with E-state index in [1.807, 2.05) is 7.05 Å². The maximum atomic E-state index is 11.8. The molecule has 0 saturated heterocycles. The molecule has 1 atom stereocenters. The summed E-state index contributed by atoms with van der Waals surface area (Å²) >= 11 is 0. The Morgan fingerprint density at radius 1 is 1.47 bits per heavy atom. The second-order valence-electron chi connectivity index (χ2n) is 5.11. The Hall–Kier alpha value is -1.39. The number of rotatable bonds is 5. The molecule has 1 amide bonds. The van der Waals surface area contributed by atoms with Gasteiger partial charge in [-0.25, -0.2) is 0 Å². The fraction of sp³-hybridized carbons (Fsp3) is 0.533. The van der Waals surface area contributed by atoms with E-state index in [2.05, 4.69) is 46.7 Å². The summed E-state index contributed by atoms with van der Waals surface area (Å²) in [6.45, 7) is 5.08. The number of carbonyl (C=O) groups excluding carboxylic acids is 1. The third kappa shape index (κ3) is 3.55. The van der Waals surface area contributed by atoms with Gasteiger partial charge in [-0.1, -0.05) is 31.2 Å². The van der Waals surface area contributed by atoms with Crippen molar-refractivity contribution in [2.45, 2.75) is 25.9 Å². The largest absolute Gasteiger partial charge is 0.355 e. The fourth-order valence-corrected chi connectivity index (χ4v) is 2.52. The lowest BCUT2D eigenvalue weighted by Gasteiger charge is -2.33. The van der Waals surface area contributed by atoms with Crippen LogP contribution >= 0.6 is 0 Å². The molecule has 4 nitrogen and oxygen atoms in total. The summed E-state index contributed by atoms with van der Waals surface area (Å²) in [5.74, 6) is 0.104. The quantitative estimate of drug-likeness (QED) is 0.839. The van der Waals surface area contributed by atoms with E-state index >= 15 is 0 Å². The smallest absolute Gasteiger partial charge is 0.234 e. The minimum absolute atomic E-state index is 0.104. The zero-order valence-electron chi connectivity index (χ0n) is 11.8. The van der Waals surface area contributed by atoms with Crippen LogP contribution in [-0.4, -0.2) is 37.5 Å². The number of nitrogens with one attached hydrogen (secondary N) is 2. The first-order valence-corrected chi connectivity index (χ1v) is 6.97. The highest BCUT2D eigenvalue weighted by molar-refractivity contribution is 5.78. The zero-order valence-corrected chi connectivity index (χ0v) is 11.8. The molecule has 104 valence electrons. The van der Waals surface area contributed by atoms with Gasteiger partial charge in [0.25, 0.3) is 0 Å². The van der Waals surface area contributed by atoms with Crippen molar-refractivity contribution >= 4 is 5.91 Å². The molecule has 0 spiro atoms. The standard InChI is InChI=1S/C15H23N3O/c1-3-8-17-15(19)11-18(2)14-10-16-9-12-6-4-5-7-13(12)14/h4-7,14,16H,3,8-11H2,1-2H3,(H,17,19). The molecule has 19 heavy (non-hydrogen) atoms. The highest BCUT2D eigenvalue weighted by Gasteiger charge is 2.24. The summed E-state index contributed by atoms with van der Waals surface area (Å²) in [5.41, 5.74) is 2.67. The minimum Gasteiger partial charge on any atom is -0.355 e. The minimum atomic E-state index is 0.104. The van der Waals surface area contributed by atoms with Crippen LogP contribution < -0.4 is 10.6 Å². The van der Waals surface area contributed by atoms with Crippen LogP contribution in [0.2, 0.25) is 0 Å². The lowest BCUT2D eigenvalue weighted by Crippen LogP contribution is -2.42. The highest BCUT2D eigenvalue weighted by Crippen LogP contribution is 2.25. The molecule has 1 aromatic rings. The molecule has 0 bridgehead atoms. The molecule has 0 radical (unpaired) electrons. The molecule has 1 aliphatic heterocycles. The van der Waals surface area contributed by atoms with Crippen LogP contribution in [0.4, 0.5) is 0 Å². The Morgan fingerprint density at radius 3 is 3.05 bits per heavy atom. The summed E-state index contributed by atoms with van der Waals surface area (Å²) in [5, 5.41) is 6.34. The second kappa shape index (κ2) is 6.68. The first kappa shape index (κ1) is 14.0. The number of hydrogen-bond acceptors (Lipinski definition) is 3. The Morgan fingerprint density at radius 2 is 2.26 bits per heavy atom. The zero-order chi connectivity index (χ0) is 13.7. The Labute approximate surface area is 115 Å². The van der Waals surface area contributed by atoms with Crippen LogP contribution in [0.5, 0.6) is 0 Å². The third-order valence-corrected chi connectivity index (χ3v) is 3.56. The van der Waals surface area contributed by atoms with Crippen LogP contribution in [0, 0.1) is 0 Å². The van der Waals surface area contributed by atoms with Gasteiger partial charge < -0.3 is 10.6 Å². The van der Waals surface area contributed by atoms with Crippen molar-refractivity contribution in [2.75, 3.05) is 26.7 Å². The maximum Gasteiger partial charge on any atom is 0.234 e. The van der Waals surface area contributed by atoms with E-state index in [0.29, 0.717) is 6.54 Å². The molecule has 0 aliphatic carbocycles. The van der Waals surface area contributed by atoms with Crippen LogP contribution in [0.1, 0.15) is 30.5 Å². The normalized spacial score (nSPS) is 18.2. The van der Waals surface area contributed by atoms with Crippen LogP contribution in [-0.2, 0) is 11.3 Å². The van der Waals surface area contributed by atoms with Crippen LogP contribution in [0.25, 0.3) is 0 Å². The summed E-state index contributed by atoms with van der Waals surface area (Å²) < 4.78 is 0. The first-order chi connectivity index (χ1) is 9.22. The molecule has 4 heteroatoms. The number of likely N-dealkylation sites (N-methyl/N-ethyl adjacent to an activating group) is 1. The number of amides is 1. The van der Waals surface area contributed by atoms with Gasteiger partial charge in [0.1, 0.15) is 0 Å². The molecule has 2 N–H and O–H groups in total. The van der Waals surface area contributed by atoms with Gasteiger partial charge in [-0.05, 0) is 24.6 Å². The van der Waals surface area contributed by atoms with Crippen molar-refractivity contribution in [1.82, 2.24) is 15.5 Å². The predicted octanol–water partition coefficient (Wildman–Crippen LogP) is 1.29. The molecule has 1 aromatic carbocycles. The SMILES string of the molecule is CCCNC(=O)CN(C)C1CNCc2ccccc21. The van der Waals surface area contributed by atoms with E-state index in [1.165, 1.54) is 11.1 Å². The number of fused-ring (bicyclic) bond motifs is 1. The first-order valence-electron chi connectivity index (χ1n) is 6.97. The molecular formula is C15H23N3O. The van der Waals surface area contributed by atoms with Crippen molar-refractivity contribution in [3.8, 4) is 0 Å². The van der Waals surface area contributed by atoms with Gasteiger partial charge in [-0.3, -0.25) is 9.69 Å². The Balaban J connectivity index is 2.00. The topological polar surface area (TPSA) is 44.4 Å². The molecule has 0 aromatic heterocycles. The van der Waals surface area contributed by atoms with E-state index in [0.717, 1.165) is 26.1 Å². The van der Waals surface area contributed by atoms with E-state index in [1.54, 1.807) is 0 Å². The summed E-state index contributed by atoms with van der Waals surface area (Å²) in [7, 11) is 2.01. The van der Waals surface area contributed by atoms with Gasteiger partial charge in [0.05, 0.1) is 6.54 Å². The van der Waals surface area contributed by atoms with E-state index < -0.39 is 0 Å². The molecule has 0 fully saturated rings. The second-order valence-corrected chi connectivity index (χ2v) is 5.11. The van der Waals surface area contributed by atoms with Crippen LogP contribution in [0.15, 0.2) is 24.3 Å². The van der Waals surface area contributed by atoms with E-state index in [-0.39, 0.29) is 11.9 Å². The predicted molar refractivity (Wildman–Crippen MR) is 76.8 cm³/mol. The molecular weight excluding hydrogens is 238 g/mol. The number of hydrogen-bond donors (Lipinski definition) is 2. The van der Waals surface area contributed by atoms with Gasteiger partial charge in [0, 0.05) is 25.7 Å². The monoisotopic (exact) mass is 261 g/mol. The fourth-order valence-electron chi connectivity index (χ4n) is 2.52. The number of benzene rings is 1. The highest BCUT2D eigenvalue weighted by atomic mass is 16.2. The van der Waals surface area contributed by atoms with Crippen LogP contribution in [0.3, 0.4) is 0 Å². The molecule has 2 rings (SSSR count). The van der Waals surface area contributed by atoms with Gasteiger partial charge in [-0.2, -0.15) is 0 Å². The lowest BCUT2D eigenvalue weighted by atomic mass is 9.96. The lowest BCUT2D eigenvalue weighted by molar-refractivity contribution is -0.122.